The van der Waals surface area contributed by atoms with E-state index < -0.39 is 60.0 Å². The monoisotopic (exact) mass is 422 g/mol. The van der Waals surface area contributed by atoms with Gasteiger partial charge in [-0.1, -0.05) is 39.7 Å². The standard InChI is InChI=1S/C18H26N6O6/c1-9(2)15(25)28-8-18(22-23-20)13(29-16(26)10(3)4)11(5)14(30-18)24-7-6-12(19)21-17(24)27/h6-7,9-11,13-14H,8H2,1-5H3,(H2,19,21,27). The molecule has 2 N–H and O–H groups in total. The summed E-state index contributed by atoms with van der Waals surface area (Å²) in [6.45, 7) is 7.72. The first kappa shape index (κ1) is 23.2. The second-order valence-corrected chi connectivity index (χ2v) is 7.72. The van der Waals surface area contributed by atoms with Crippen LogP contribution >= 0.6 is 0 Å². The van der Waals surface area contributed by atoms with Gasteiger partial charge in [-0.15, -0.1) is 0 Å². The van der Waals surface area contributed by atoms with E-state index in [0.29, 0.717) is 0 Å². The molecule has 0 radical (unpaired) electrons. The molecule has 30 heavy (non-hydrogen) atoms. The first-order chi connectivity index (χ1) is 14.0. The van der Waals surface area contributed by atoms with Crippen LogP contribution in [-0.4, -0.2) is 39.9 Å². The first-order valence-electron chi connectivity index (χ1n) is 9.48. The molecule has 0 amide bonds. The highest BCUT2D eigenvalue weighted by atomic mass is 16.6. The van der Waals surface area contributed by atoms with Crippen LogP contribution in [0.2, 0.25) is 0 Å². The lowest BCUT2D eigenvalue weighted by atomic mass is 9.97. The number of azide groups is 1. The summed E-state index contributed by atoms with van der Waals surface area (Å²) in [5, 5.41) is 3.70. The van der Waals surface area contributed by atoms with Crippen molar-refractivity contribution < 1.29 is 23.8 Å². The summed E-state index contributed by atoms with van der Waals surface area (Å²) in [7, 11) is 0. The van der Waals surface area contributed by atoms with Crippen LogP contribution in [0.25, 0.3) is 10.4 Å². The van der Waals surface area contributed by atoms with Crippen LogP contribution in [0.4, 0.5) is 5.82 Å². The van der Waals surface area contributed by atoms with E-state index in [1.807, 2.05) is 0 Å². The molecule has 1 fully saturated rings. The molecule has 1 saturated heterocycles. The minimum Gasteiger partial charge on any atom is -0.462 e. The lowest BCUT2D eigenvalue weighted by molar-refractivity contribution is -0.180. The molecule has 164 valence electrons. The largest absolute Gasteiger partial charge is 0.462 e. The summed E-state index contributed by atoms with van der Waals surface area (Å²) in [6.07, 6.45) is -0.768. The molecular weight excluding hydrogens is 396 g/mol. The van der Waals surface area contributed by atoms with Gasteiger partial charge in [0.05, 0.1) is 11.8 Å². The summed E-state index contributed by atoms with van der Waals surface area (Å²) < 4.78 is 17.9. The quantitative estimate of drug-likeness (QED) is 0.299. The van der Waals surface area contributed by atoms with Crippen molar-refractivity contribution >= 4 is 17.8 Å². The molecule has 0 saturated carbocycles. The number of ether oxygens (including phenoxy) is 3. The van der Waals surface area contributed by atoms with Gasteiger partial charge in [0.1, 0.15) is 24.8 Å². The number of esters is 2. The molecule has 4 unspecified atom stereocenters. The molecule has 2 rings (SSSR count). The SMILES string of the molecule is CC(C)C(=O)OCC1(N=[N+]=[N-])OC(n2ccc(N)nc2=O)C(C)C1OC(=O)C(C)C. The highest BCUT2D eigenvalue weighted by Gasteiger charge is 2.57. The summed E-state index contributed by atoms with van der Waals surface area (Å²) in [6, 6.07) is 1.40. The molecule has 1 aromatic rings. The van der Waals surface area contributed by atoms with Gasteiger partial charge in [0.2, 0.25) is 5.72 Å². The van der Waals surface area contributed by atoms with Gasteiger partial charge in [-0.2, -0.15) is 4.98 Å². The normalized spacial score (nSPS) is 25.8. The molecule has 4 atom stereocenters. The van der Waals surface area contributed by atoms with Crippen LogP contribution in [-0.2, 0) is 23.8 Å². The van der Waals surface area contributed by atoms with Crippen molar-refractivity contribution in [2.24, 2.45) is 22.9 Å². The summed E-state index contributed by atoms with van der Waals surface area (Å²) in [5.74, 6) is -2.66. The Balaban J connectivity index is 2.50. The van der Waals surface area contributed by atoms with Crippen LogP contribution in [0.3, 0.4) is 0 Å². The van der Waals surface area contributed by atoms with Crippen LogP contribution in [0.1, 0.15) is 40.8 Å². The van der Waals surface area contributed by atoms with Gasteiger partial charge in [-0.3, -0.25) is 14.2 Å². The molecule has 1 aromatic heterocycles. The number of rotatable bonds is 7. The maximum Gasteiger partial charge on any atom is 0.351 e. The van der Waals surface area contributed by atoms with E-state index in [9.17, 15) is 14.4 Å². The minimum atomic E-state index is -1.87. The Bertz CT molecular complexity index is 909. The number of hydrogen-bond donors (Lipinski definition) is 1. The Hall–Kier alpha value is -3.11. The molecule has 12 nitrogen and oxygen atoms in total. The second-order valence-electron chi connectivity index (χ2n) is 7.72. The van der Waals surface area contributed by atoms with Crippen LogP contribution in [0.15, 0.2) is 22.2 Å². The van der Waals surface area contributed by atoms with E-state index in [1.54, 1.807) is 34.6 Å². The molecule has 0 spiro atoms. The number of anilines is 1. The van der Waals surface area contributed by atoms with Crippen molar-refractivity contribution in [3.05, 3.63) is 33.2 Å². The topological polar surface area (TPSA) is 171 Å². The van der Waals surface area contributed by atoms with Gasteiger partial charge < -0.3 is 19.9 Å². The molecule has 2 heterocycles. The number of aromatic nitrogens is 2. The number of nitrogens with two attached hydrogens (primary N) is 1. The Labute approximate surface area is 172 Å². The zero-order chi connectivity index (χ0) is 22.6. The second kappa shape index (κ2) is 9.14. The van der Waals surface area contributed by atoms with Crippen LogP contribution < -0.4 is 11.4 Å². The van der Waals surface area contributed by atoms with E-state index in [4.69, 9.17) is 25.5 Å². The average molecular weight is 422 g/mol. The minimum absolute atomic E-state index is 0.0249. The van der Waals surface area contributed by atoms with Crippen LogP contribution in [0, 0.1) is 17.8 Å². The third-order valence-corrected chi connectivity index (χ3v) is 4.64. The maximum atomic E-state index is 12.3. The Morgan fingerprint density at radius 2 is 2.00 bits per heavy atom. The number of carbonyl (C=O) groups is 2. The van der Waals surface area contributed by atoms with Crippen molar-refractivity contribution in [2.75, 3.05) is 12.3 Å². The highest BCUT2D eigenvalue weighted by molar-refractivity contribution is 5.72. The molecule has 1 aliphatic rings. The summed E-state index contributed by atoms with van der Waals surface area (Å²) >= 11 is 0. The summed E-state index contributed by atoms with van der Waals surface area (Å²) in [5.41, 5.74) is 12.1. The fourth-order valence-electron chi connectivity index (χ4n) is 2.98. The van der Waals surface area contributed by atoms with Crippen molar-refractivity contribution in [2.45, 2.75) is 52.7 Å². The van der Waals surface area contributed by atoms with Gasteiger partial charge in [-0.25, -0.2) is 4.79 Å². The highest BCUT2D eigenvalue weighted by Crippen LogP contribution is 2.44. The van der Waals surface area contributed by atoms with Gasteiger partial charge in [0.25, 0.3) is 0 Å². The molecule has 1 aliphatic heterocycles. The van der Waals surface area contributed by atoms with E-state index in [-0.39, 0.29) is 5.82 Å². The molecular formula is C18H26N6O6. The fraction of sp³-hybridized carbons (Fsp3) is 0.667. The van der Waals surface area contributed by atoms with Gasteiger partial charge in [0, 0.05) is 17.0 Å². The van der Waals surface area contributed by atoms with E-state index in [1.165, 1.54) is 12.3 Å². The number of nitrogens with zero attached hydrogens (tertiary/aromatic N) is 5. The Morgan fingerprint density at radius 3 is 2.53 bits per heavy atom. The first-order valence-corrected chi connectivity index (χ1v) is 9.48. The maximum absolute atomic E-state index is 12.3. The molecule has 0 aliphatic carbocycles. The number of hydrogen-bond acceptors (Lipinski definition) is 9. The third-order valence-electron chi connectivity index (χ3n) is 4.64. The van der Waals surface area contributed by atoms with Gasteiger partial charge in [-0.05, 0) is 11.6 Å². The van der Waals surface area contributed by atoms with Crippen LogP contribution in [0.5, 0.6) is 0 Å². The number of nitrogen functional groups attached to an aromatic ring is 1. The number of carbonyl (C=O) groups excluding carboxylic acids is 2. The molecule has 0 bridgehead atoms. The van der Waals surface area contributed by atoms with Gasteiger partial charge in [0.15, 0.2) is 0 Å². The van der Waals surface area contributed by atoms with Crippen molar-refractivity contribution in [3.8, 4) is 0 Å². The van der Waals surface area contributed by atoms with E-state index >= 15 is 0 Å². The molecule has 0 aromatic carbocycles. The smallest absolute Gasteiger partial charge is 0.351 e. The lowest BCUT2D eigenvalue weighted by Crippen LogP contribution is -2.47. The Kier molecular flexibility index (Phi) is 7.06. The van der Waals surface area contributed by atoms with Gasteiger partial charge >= 0.3 is 17.6 Å². The predicted octanol–water partition coefficient (Wildman–Crippen LogP) is 1.76. The van der Waals surface area contributed by atoms with E-state index in [2.05, 4.69) is 15.0 Å². The van der Waals surface area contributed by atoms with Crippen molar-refractivity contribution in [1.82, 2.24) is 9.55 Å². The fourth-order valence-corrected chi connectivity index (χ4v) is 2.98. The zero-order valence-corrected chi connectivity index (χ0v) is 17.5. The lowest BCUT2D eigenvalue weighted by Gasteiger charge is -2.30. The van der Waals surface area contributed by atoms with Crippen molar-refractivity contribution in [3.63, 3.8) is 0 Å². The Morgan fingerprint density at radius 1 is 1.37 bits per heavy atom. The zero-order valence-electron chi connectivity index (χ0n) is 17.5. The average Bonchev–Trinajstić information content (AvgIpc) is 2.92. The van der Waals surface area contributed by atoms with Crippen molar-refractivity contribution in [1.29, 1.82) is 0 Å². The predicted molar refractivity (Wildman–Crippen MR) is 105 cm³/mol. The van der Waals surface area contributed by atoms with E-state index in [0.717, 1.165) is 4.57 Å². The summed E-state index contributed by atoms with van der Waals surface area (Å²) in [4.78, 5) is 43.1. The molecule has 12 heteroatoms. The third kappa shape index (κ3) is 4.71.